The molecule has 1 aliphatic rings. The summed E-state index contributed by atoms with van der Waals surface area (Å²) in [4.78, 5) is 0. The summed E-state index contributed by atoms with van der Waals surface area (Å²) in [6, 6.07) is 60.3. The zero-order chi connectivity index (χ0) is 35.4. The Balaban J connectivity index is 1.23. The Hall–Kier alpha value is -4.92. The van der Waals surface area contributed by atoms with Gasteiger partial charge < -0.3 is 28.8 Å². The Labute approximate surface area is 306 Å². The maximum Gasteiger partial charge on any atom is 0.187 e. The van der Waals surface area contributed by atoms with Crippen LogP contribution in [-0.4, -0.2) is 42.4 Å². The standard InChI is InChI=1S/C46H44O6/c47-42-41(34-51-46(38-25-13-4-14-26-38,39-27-15-5-16-28-39)40-29-17-6-18-30-40)52-45(50-33-37-23-11-3-12-24-37)44(49-32-36-21-9-2-10-22-36)43(42)48-31-35-19-7-1-8-20-35/h1-30,41-45,47H,31-34H2/t41-,42-,43+,44-,45?/m1/s1. The highest BCUT2D eigenvalue weighted by Crippen LogP contribution is 2.41. The average molecular weight is 693 g/mol. The third-order valence-electron chi connectivity index (χ3n) is 9.45. The number of ether oxygens (including phenoxy) is 5. The minimum Gasteiger partial charge on any atom is -0.387 e. The molecule has 0 spiro atoms. The van der Waals surface area contributed by atoms with Crippen molar-refractivity contribution in [1.82, 2.24) is 0 Å². The van der Waals surface area contributed by atoms with E-state index in [4.69, 9.17) is 23.7 Å². The Bertz CT molecular complexity index is 1800. The van der Waals surface area contributed by atoms with Crippen molar-refractivity contribution in [2.45, 2.75) is 56.1 Å². The molecule has 0 aliphatic carbocycles. The van der Waals surface area contributed by atoms with Gasteiger partial charge in [-0.15, -0.1) is 0 Å². The molecule has 52 heavy (non-hydrogen) atoms. The Morgan fingerprint density at radius 3 is 1.19 bits per heavy atom. The van der Waals surface area contributed by atoms with Crippen LogP contribution in [0, 0.1) is 0 Å². The molecule has 6 nitrogen and oxygen atoms in total. The van der Waals surface area contributed by atoms with Crippen LogP contribution in [0.2, 0.25) is 0 Å². The van der Waals surface area contributed by atoms with Crippen molar-refractivity contribution in [2.24, 2.45) is 0 Å². The molecule has 6 heteroatoms. The predicted molar refractivity (Wildman–Crippen MR) is 201 cm³/mol. The van der Waals surface area contributed by atoms with Crippen LogP contribution in [0.3, 0.4) is 0 Å². The van der Waals surface area contributed by atoms with Crippen LogP contribution in [0.4, 0.5) is 0 Å². The fourth-order valence-electron chi connectivity index (χ4n) is 6.79. The normalized spacial score (nSPS) is 20.4. The van der Waals surface area contributed by atoms with Gasteiger partial charge in [-0.2, -0.15) is 0 Å². The fraction of sp³-hybridized carbons (Fsp3) is 0.217. The number of benzene rings is 6. The smallest absolute Gasteiger partial charge is 0.187 e. The van der Waals surface area contributed by atoms with Crippen LogP contribution in [0.25, 0.3) is 0 Å². The lowest BCUT2D eigenvalue weighted by molar-refractivity contribution is -0.325. The summed E-state index contributed by atoms with van der Waals surface area (Å²) in [7, 11) is 0. The van der Waals surface area contributed by atoms with E-state index in [0.717, 1.165) is 33.4 Å². The first-order valence-corrected chi connectivity index (χ1v) is 17.8. The summed E-state index contributed by atoms with van der Waals surface area (Å²) in [5, 5.41) is 12.2. The van der Waals surface area contributed by atoms with E-state index >= 15 is 0 Å². The highest BCUT2D eigenvalue weighted by molar-refractivity contribution is 5.47. The molecular formula is C46H44O6. The second-order valence-electron chi connectivity index (χ2n) is 12.9. The van der Waals surface area contributed by atoms with Crippen molar-refractivity contribution in [3.05, 3.63) is 215 Å². The molecule has 0 radical (unpaired) electrons. The molecule has 1 aliphatic heterocycles. The van der Waals surface area contributed by atoms with E-state index in [9.17, 15) is 5.11 Å². The van der Waals surface area contributed by atoms with Crippen molar-refractivity contribution >= 4 is 0 Å². The van der Waals surface area contributed by atoms with Gasteiger partial charge >= 0.3 is 0 Å². The van der Waals surface area contributed by atoms with Crippen molar-refractivity contribution in [3.63, 3.8) is 0 Å². The van der Waals surface area contributed by atoms with Crippen molar-refractivity contribution in [1.29, 1.82) is 0 Å². The quantitative estimate of drug-likeness (QED) is 0.109. The molecule has 0 amide bonds. The van der Waals surface area contributed by atoms with Gasteiger partial charge in [0.1, 0.15) is 30.0 Å². The first-order chi connectivity index (χ1) is 25.7. The van der Waals surface area contributed by atoms with Crippen LogP contribution in [0.15, 0.2) is 182 Å². The summed E-state index contributed by atoms with van der Waals surface area (Å²) in [5.41, 5.74) is 4.82. The molecule has 1 N–H and O–H groups in total. The lowest BCUT2D eigenvalue weighted by Gasteiger charge is -2.45. The summed E-state index contributed by atoms with van der Waals surface area (Å²) < 4.78 is 33.5. The number of aliphatic hydroxyl groups excluding tert-OH is 1. The van der Waals surface area contributed by atoms with Gasteiger partial charge in [0.25, 0.3) is 0 Å². The maximum atomic E-state index is 12.2. The summed E-state index contributed by atoms with van der Waals surface area (Å²) in [6.45, 7) is 0.877. The van der Waals surface area contributed by atoms with Gasteiger partial charge in [0, 0.05) is 0 Å². The lowest BCUT2D eigenvalue weighted by Crippen LogP contribution is -2.61. The van der Waals surface area contributed by atoms with Gasteiger partial charge in [0.2, 0.25) is 0 Å². The van der Waals surface area contributed by atoms with Gasteiger partial charge in [-0.25, -0.2) is 0 Å². The largest absolute Gasteiger partial charge is 0.387 e. The molecule has 0 saturated carbocycles. The molecular weight excluding hydrogens is 648 g/mol. The monoisotopic (exact) mass is 692 g/mol. The van der Waals surface area contributed by atoms with Gasteiger partial charge in [-0.05, 0) is 33.4 Å². The van der Waals surface area contributed by atoms with Gasteiger partial charge in [-0.3, -0.25) is 0 Å². The highest BCUT2D eigenvalue weighted by Gasteiger charge is 2.49. The third-order valence-corrected chi connectivity index (χ3v) is 9.45. The van der Waals surface area contributed by atoms with E-state index in [-0.39, 0.29) is 26.4 Å². The fourth-order valence-corrected chi connectivity index (χ4v) is 6.79. The lowest BCUT2D eigenvalue weighted by atomic mass is 9.80. The van der Waals surface area contributed by atoms with Crippen LogP contribution >= 0.6 is 0 Å². The topological polar surface area (TPSA) is 66.4 Å². The maximum absolute atomic E-state index is 12.2. The van der Waals surface area contributed by atoms with Crippen LogP contribution in [-0.2, 0) is 49.1 Å². The molecule has 1 saturated heterocycles. The summed E-state index contributed by atoms with van der Waals surface area (Å²) in [6.07, 6.45) is -4.36. The zero-order valence-electron chi connectivity index (χ0n) is 29.0. The molecule has 0 aromatic heterocycles. The number of rotatable bonds is 15. The van der Waals surface area contributed by atoms with Gasteiger partial charge in [-0.1, -0.05) is 182 Å². The Morgan fingerprint density at radius 1 is 0.442 bits per heavy atom. The number of hydrogen-bond donors (Lipinski definition) is 1. The molecule has 1 heterocycles. The molecule has 264 valence electrons. The second kappa shape index (κ2) is 17.5. The van der Waals surface area contributed by atoms with Gasteiger partial charge in [0.15, 0.2) is 6.29 Å². The minimum absolute atomic E-state index is 0.0294. The van der Waals surface area contributed by atoms with Crippen molar-refractivity contribution in [3.8, 4) is 0 Å². The van der Waals surface area contributed by atoms with E-state index in [1.54, 1.807) is 0 Å². The van der Waals surface area contributed by atoms with E-state index in [1.807, 2.05) is 146 Å². The van der Waals surface area contributed by atoms with E-state index in [0.29, 0.717) is 0 Å². The van der Waals surface area contributed by atoms with Crippen LogP contribution in [0.5, 0.6) is 0 Å². The number of aliphatic hydroxyl groups is 1. The van der Waals surface area contributed by atoms with E-state index < -0.39 is 36.3 Å². The molecule has 6 aromatic carbocycles. The minimum atomic E-state index is -1.11. The Morgan fingerprint density at radius 2 is 0.788 bits per heavy atom. The second-order valence-corrected chi connectivity index (χ2v) is 12.9. The van der Waals surface area contributed by atoms with E-state index in [2.05, 4.69) is 36.4 Å². The Kier molecular flexibility index (Phi) is 12.0. The van der Waals surface area contributed by atoms with E-state index in [1.165, 1.54) is 0 Å². The molecule has 5 atom stereocenters. The van der Waals surface area contributed by atoms with Crippen LogP contribution < -0.4 is 0 Å². The molecule has 6 aromatic rings. The molecule has 1 unspecified atom stereocenters. The zero-order valence-corrected chi connectivity index (χ0v) is 29.0. The highest BCUT2D eigenvalue weighted by atomic mass is 16.7. The predicted octanol–water partition coefficient (Wildman–Crippen LogP) is 8.47. The SMILES string of the molecule is O[C@H]1[C@H](OCc2ccccc2)[C@@H](OCc2ccccc2)C(OCc2ccccc2)O[C@@H]1COC(c1ccccc1)(c1ccccc1)c1ccccc1. The van der Waals surface area contributed by atoms with Gasteiger partial charge in [0.05, 0.1) is 26.4 Å². The molecule has 7 rings (SSSR count). The molecule has 1 fully saturated rings. The van der Waals surface area contributed by atoms with Crippen molar-refractivity contribution in [2.75, 3.05) is 6.61 Å². The number of hydrogen-bond acceptors (Lipinski definition) is 6. The summed E-state index contributed by atoms with van der Waals surface area (Å²) >= 11 is 0. The first kappa shape index (κ1) is 35.5. The first-order valence-electron chi connectivity index (χ1n) is 17.8. The van der Waals surface area contributed by atoms with Crippen LogP contribution in [0.1, 0.15) is 33.4 Å². The van der Waals surface area contributed by atoms with Crippen molar-refractivity contribution < 1.29 is 28.8 Å². The average Bonchev–Trinajstić information content (AvgIpc) is 3.22. The summed E-state index contributed by atoms with van der Waals surface area (Å²) in [5.74, 6) is 0. The molecule has 0 bridgehead atoms. The third kappa shape index (κ3) is 8.41.